The number of carbonyl (C=O) groups excluding carboxylic acids is 2. The molecule has 0 unspecified atom stereocenters. The predicted octanol–water partition coefficient (Wildman–Crippen LogP) is 3.85. The minimum atomic E-state index is -0.561. The number of thioether (sulfide) groups is 1. The van der Waals surface area contributed by atoms with Gasteiger partial charge in [-0.3, -0.25) is 14.5 Å². The van der Waals surface area contributed by atoms with Crippen molar-refractivity contribution in [2.24, 2.45) is 0 Å². The van der Waals surface area contributed by atoms with E-state index in [0.29, 0.717) is 13.1 Å². The number of benzene rings is 2. The molecule has 5 nitrogen and oxygen atoms in total. The Kier molecular flexibility index (Phi) is 5.28. The van der Waals surface area contributed by atoms with Crippen molar-refractivity contribution in [3.05, 3.63) is 59.7 Å². The Labute approximate surface area is 151 Å². The van der Waals surface area contributed by atoms with Gasteiger partial charge in [-0.05, 0) is 55.4 Å². The summed E-state index contributed by atoms with van der Waals surface area (Å²) in [5, 5.41) is 5.60. The molecule has 2 aromatic rings. The first-order valence-electron chi connectivity index (χ1n) is 8.19. The van der Waals surface area contributed by atoms with Crippen LogP contribution in [0, 0.1) is 13.8 Å². The first-order valence-corrected chi connectivity index (χ1v) is 9.06. The molecule has 0 aliphatic carbocycles. The molecule has 25 heavy (non-hydrogen) atoms. The van der Waals surface area contributed by atoms with Gasteiger partial charge in [0.1, 0.15) is 0 Å². The van der Waals surface area contributed by atoms with E-state index >= 15 is 0 Å². The fourth-order valence-corrected chi connectivity index (χ4v) is 3.54. The Morgan fingerprint density at radius 3 is 2.48 bits per heavy atom. The Hall–Kier alpha value is -2.47. The third-order valence-electron chi connectivity index (χ3n) is 3.96. The lowest BCUT2D eigenvalue weighted by atomic mass is 10.2. The zero-order valence-electron chi connectivity index (χ0n) is 14.3. The van der Waals surface area contributed by atoms with Crippen LogP contribution in [-0.4, -0.2) is 34.5 Å². The summed E-state index contributed by atoms with van der Waals surface area (Å²) in [5.41, 5.74) is 4.14. The molecule has 0 aromatic heterocycles. The molecule has 1 aliphatic rings. The molecule has 0 radical (unpaired) electrons. The number of hydrogen-bond acceptors (Lipinski definition) is 5. The summed E-state index contributed by atoms with van der Waals surface area (Å²) < 4.78 is 0. The lowest BCUT2D eigenvalue weighted by molar-refractivity contribution is -0.126. The maximum Gasteiger partial charge on any atom is 0.290 e. The molecule has 0 saturated carbocycles. The minimum absolute atomic E-state index is 0.193. The van der Waals surface area contributed by atoms with Crippen LogP contribution in [0.2, 0.25) is 0 Å². The number of carbonyl (C=O) groups is 2. The van der Waals surface area contributed by atoms with Crippen molar-refractivity contribution in [2.75, 3.05) is 23.7 Å². The van der Waals surface area contributed by atoms with Crippen molar-refractivity contribution in [1.82, 2.24) is 4.90 Å². The molecular formula is C19H21N3O2S. The van der Waals surface area contributed by atoms with Crippen LogP contribution in [0.3, 0.4) is 0 Å². The Balaban J connectivity index is 1.55. The third-order valence-corrected chi connectivity index (χ3v) is 4.94. The van der Waals surface area contributed by atoms with E-state index in [2.05, 4.69) is 10.6 Å². The molecular weight excluding hydrogens is 334 g/mol. The number of amides is 2. The summed E-state index contributed by atoms with van der Waals surface area (Å²) in [6.45, 7) is 4.91. The van der Waals surface area contributed by atoms with Crippen molar-refractivity contribution in [1.29, 1.82) is 0 Å². The Bertz CT molecular complexity index is 776. The first-order chi connectivity index (χ1) is 12.0. The molecule has 1 atom stereocenters. The molecule has 2 N–H and O–H groups in total. The van der Waals surface area contributed by atoms with Gasteiger partial charge in [0.15, 0.2) is 5.37 Å². The second kappa shape index (κ2) is 7.61. The van der Waals surface area contributed by atoms with E-state index in [1.165, 1.54) is 4.90 Å². The minimum Gasteiger partial charge on any atom is -0.383 e. The summed E-state index contributed by atoms with van der Waals surface area (Å²) >= 11 is 1.03. The van der Waals surface area contributed by atoms with Gasteiger partial charge in [-0.15, -0.1) is 0 Å². The van der Waals surface area contributed by atoms with E-state index in [0.717, 1.165) is 34.3 Å². The molecule has 1 fully saturated rings. The van der Waals surface area contributed by atoms with Gasteiger partial charge in [0, 0.05) is 24.5 Å². The van der Waals surface area contributed by atoms with Gasteiger partial charge in [0.05, 0.1) is 0 Å². The number of nitrogens with zero attached hydrogens (tertiary/aromatic N) is 1. The average molecular weight is 355 g/mol. The van der Waals surface area contributed by atoms with Crippen LogP contribution in [0.1, 0.15) is 11.1 Å². The highest BCUT2D eigenvalue weighted by molar-refractivity contribution is 8.15. The normalized spacial score (nSPS) is 17.0. The zero-order chi connectivity index (χ0) is 17.8. The van der Waals surface area contributed by atoms with Gasteiger partial charge >= 0.3 is 0 Å². The van der Waals surface area contributed by atoms with Crippen LogP contribution >= 0.6 is 11.8 Å². The van der Waals surface area contributed by atoms with E-state index < -0.39 is 5.37 Å². The Morgan fingerprint density at radius 1 is 1.00 bits per heavy atom. The highest BCUT2D eigenvalue weighted by Crippen LogP contribution is 2.28. The van der Waals surface area contributed by atoms with Gasteiger partial charge < -0.3 is 10.6 Å². The maximum atomic E-state index is 12.5. The van der Waals surface area contributed by atoms with Gasteiger partial charge in [-0.25, -0.2) is 0 Å². The van der Waals surface area contributed by atoms with Crippen LogP contribution in [-0.2, 0) is 4.79 Å². The lowest BCUT2D eigenvalue weighted by Crippen LogP contribution is -2.37. The molecule has 2 amide bonds. The van der Waals surface area contributed by atoms with Crippen molar-refractivity contribution in [3.8, 4) is 0 Å². The number of rotatable bonds is 6. The lowest BCUT2D eigenvalue weighted by Gasteiger charge is -2.16. The SMILES string of the molecule is Cc1ccc(N[C@H]2SC(=O)N(CCNc3cccc(C)c3)C2=O)cc1. The molecule has 2 aromatic carbocycles. The molecule has 0 spiro atoms. The van der Waals surface area contributed by atoms with E-state index in [1.54, 1.807) is 0 Å². The number of nitrogens with one attached hydrogen (secondary N) is 2. The summed E-state index contributed by atoms with van der Waals surface area (Å²) in [6.07, 6.45) is 0. The van der Waals surface area contributed by atoms with Crippen LogP contribution in [0.5, 0.6) is 0 Å². The summed E-state index contributed by atoms with van der Waals surface area (Å²) in [4.78, 5) is 25.9. The highest BCUT2D eigenvalue weighted by Gasteiger charge is 2.39. The molecule has 1 heterocycles. The van der Waals surface area contributed by atoms with Crippen molar-refractivity contribution >= 4 is 34.3 Å². The maximum absolute atomic E-state index is 12.5. The van der Waals surface area contributed by atoms with Crippen LogP contribution in [0.4, 0.5) is 16.2 Å². The monoisotopic (exact) mass is 355 g/mol. The quantitative estimate of drug-likeness (QED) is 0.824. The van der Waals surface area contributed by atoms with E-state index in [4.69, 9.17) is 0 Å². The zero-order valence-corrected chi connectivity index (χ0v) is 15.1. The number of anilines is 2. The van der Waals surface area contributed by atoms with Gasteiger partial charge in [0.2, 0.25) is 0 Å². The van der Waals surface area contributed by atoms with Crippen molar-refractivity contribution < 1.29 is 9.59 Å². The van der Waals surface area contributed by atoms with E-state index in [-0.39, 0.29) is 11.1 Å². The summed E-state index contributed by atoms with van der Waals surface area (Å²) in [5.74, 6) is -0.193. The standard InChI is InChI=1S/C19H21N3O2S/c1-13-6-8-15(9-7-13)21-17-18(23)22(19(24)25-17)11-10-20-16-5-3-4-14(2)12-16/h3-9,12,17,20-21H,10-11H2,1-2H3/t17-/m0/s1. The summed E-state index contributed by atoms with van der Waals surface area (Å²) in [6, 6.07) is 15.8. The molecule has 1 aliphatic heterocycles. The average Bonchev–Trinajstić information content (AvgIpc) is 2.84. The van der Waals surface area contributed by atoms with Gasteiger partial charge in [0.25, 0.3) is 11.1 Å². The molecule has 6 heteroatoms. The van der Waals surface area contributed by atoms with Crippen molar-refractivity contribution in [2.45, 2.75) is 19.2 Å². The summed E-state index contributed by atoms with van der Waals surface area (Å²) in [7, 11) is 0. The number of aryl methyl sites for hydroxylation is 2. The third kappa shape index (κ3) is 4.33. The number of hydrogen-bond donors (Lipinski definition) is 2. The first kappa shape index (κ1) is 17.4. The second-order valence-corrected chi connectivity index (χ2v) is 7.12. The van der Waals surface area contributed by atoms with Crippen LogP contribution < -0.4 is 10.6 Å². The topological polar surface area (TPSA) is 61.4 Å². The largest absolute Gasteiger partial charge is 0.383 e. The highest BCUT2D eigenvalue weighted by atomic mass is 32.2. The smallest absolute Gasteiger partial charge is 0.290 e. The molecule has 1 saturated heterocycles. The van der Waals surface area contributed by atoms with Gasteiger partial charge in [-0.2, -0.15) is 0 Å². The Morgan fingerprint density at radius 2 is 1.76 bits per heavy atom. The van der Waals surface area contributed by atoms with Gasteiger partial charge in [-0.1, -0.05) is 29.8 Å². The van der Waals surface area contributed by atoms with E-state index in [1.807, 2.05) is 62.4 Å². The fraction of sp³-hybridized carbons (Fsp3) is 0.263. The van der Waals surface area contributed by atoms with Crippen LogP contribution in [0.15, 0.2) is 48.5 Å². The van der Waals surface area contributed by atoms with Crippen LogP contribution in [0.25, 0.3) is 0 Å². The van der Waals surface area contributed by atoms with Crippen molar-refractivity contribution in [3.63, 3.8) is 0 Å². The number of imide groups is 1. The fourth-order valence-electron chi connectivity index (χ4n) is 2.61. The molecule has 3 rings (SSSR count). The predicted molar refractivity (Wildman–Crippen MR) is 103 cm³/mol. The van der Waals surface area contributed by atoms with E-state index in [9.17, 15) is 9.59 Å². The molecule has 130 valence electrons. The molecule has 0 bridgehead atoms. The second-order valence-electron chi connectivity index (χ2n) is 6.06.